The minimum Gasteiger partial charge on any atom is -0.539 e. The highest BCUT2D eigenvalue weighted by atomic mass is 32.2. The van der Waals surface area contributed by atoms with Crippen LogP contribution in [0.5, 0.6) is 0 Å². The predicted octanol–water partition coefficient (Wildman–Crippen LogP) is 4.62. The van der Waals surface area contributed by atoms with E-state index in [9.17, 15) is 0 Å². The minimum atomic E-state index is -1.63. The molecule has 0 spiro atoms. The Hall–Kier alpha value is 0.107. The van der Waals surface area contributed by atoms with Crippen molar-refractivity contribution < 1.29 is 4.43 Å². The Labute approximate surface area is 94.4 Å². The lowest BCUT2D eigenvalue weighted by Gasteiger charge is -2.37. The predicted molar refractivity (Wildman–Crippen MR) is 70.2 cm³/mol. The van der Waals surface area contributed by atoms with Crippen molar-refractivity contribution in [2.45, 2.75) is 52.8 Å². The van der Waals surface area contributed by atoms with Gasteiger partial charge in [-0.05, 0) is 43.8 Å². The van der Waals surface area contributed by atoms with Gasteiger partial charge in [-0.15, -0.1) is 0 Å². The van der Waals surface area contributed by atoms with Crippen LogP contribution in [0, 0.1) is 0 Å². The van der Waals surface area contributed by atoms with E-state index in [1.54, 1.807) is 11.8 Å². The molecule has 0 aromatic rings. The van der Waals surface area contributed by atoms with Gasteiger partial charge in [-0.25, -0.2) is 0 Å². The molecule has 0 rings (SSSR count). The number of rotatable bonds is 3. The Morgan fingerprint density at radius 3 is 1.79 bits per heavy atom. The molecule has 0 amide bonds. The summed E-state index contributed by atoms with van der Waals surface area (Å²) in [5.41, 5.74) is 1.28. The SMILES string of the molecule is CSC(O[Si](C)(C)C(C)(C)C)=C(C)C. The van der Waals surface area contributed by atoms with Crippen LogP contribution in [0.2, 0.25) is 18.1 Å². The smallest absolute Gasteiger partial charge is 0.251 e. The van der Waals surface area contributed by atoms with Gasteiger partial charge >= 0.3 is 0 Å². The van der Waals surface area contributed by atoms with Crippen molar-refractivity contribution in [3.63, 3.8) is 0 Å². The van der Waals surface area contributed by atoms with E-state index in [4.69, 9.17) is 4.43 Å². The van der Waals surface area contributed by atoms with Crippen LogP contribution in [-0.4, -0.2) is 14.6 Å². The third-order valence-electron chi connectivity index (χ3n) is 2.75. The van der Waals surface area contributed by atoms with Crippen LogP contribution in [0.25, 0.3) is 0 Å². The summed E-state index contributed by atoms with van der Waals surface area (Å²) in [6.07, 6.45) is 2.08. The standard InChI is InChI=1S/C11H24OSSi/c1-9(2)10(13-6)12-14(7,8)11(3,4)5/h1-8H3. The van der Waals surface area contributed by atoms with Gasteiger partial charge in [0.05, 0.1) is 0 Å². The lowest BCUT2D eigenvalue weighted by Crippen LogP contribution is -2.40. The number of allylic oxidation sites excluding steroid dienone is 1. The van der Waals surface area contributed by atoms with Crippen molar-refractivity contribution in [2.75, 3.05) is 6.26 Å². The molecule has 3 heteroatoms. The zero-order chi connectivity index (χ0) is 11.6. The largest absolute Gasteiger partial charge is 0.539 e. The maximum atomic E-state index is 6.19. The van der Waals surface area contributed by atoms with Crippen molar-refractivity contribution in [2.24, 2.45) is 0 Å². The monoisotopic (exact) mass is 232 g/mol. The zero-order valence-electron chi connectivity index (χ0n) is 10.8. The first-order chi connectivity index (χ1) is 6.12. The van der Waals surface area contributed by atoms with E-state index in [2.05, 4.69) is 54.0 Å². The van der Waals surface area contributed by atoms with E-state index < -0.39 is 8.32 Å². The first-order valence-corrected chi connectivity index (χ1v) is 9.15. The van der Waals surface area contributed by atoms with E-state index in [0.717, 1.165) is 5.09 Å². The molecule has 0 radical (unpaired) electrons. The van der Waals surface area contributed by atoms with Gasteiger partial charge in [0.1, 0.15) is 5.09 Å². The fourth-order valence-electron chi connectivity index (χ4n) is 0.733. The molecule has 0 N–H and O–H groups in total. The molecule has 84 valence electrons. The average Bonchev–Trinajstić information content (AvgIpc) is 1.97. The number of hydrogen-bond acceptors (Lipinski definition) is 2. The topological polar surface area (TPSA) is 9.23 Å². The Bertz CT molecular complexity index is 222. The lowest BCUT2D eigenvalue weighted by atomic mass is 10.2. The van der Waals surface area contributed by atoms with Gasteiger partial charge < -0.3 is 4.43 Å². The first kappa shape index (κ1) is 14.1. The van der Waals surface area contributed by atoms with E-state index in [-0.39, 0.29) is 5.04 Å². The fraction of sp³-hybridized carbons (Fsp3) is 0.818. The van der Waals surface area contributed by atoms with Gasteiger partial charge in [0.2, 0.25) is 0 Å². The second-order valence-electron chi connectivity index (χ2n) is 5.35. The molecule has 0 fully saturated rings. The van der Waals surface area contributed by atoms with Gasteiger partial charge in [-0.2, -0.15) is 0 Å². The highest BCUT2D eigenvalue weighted by Gasteiger charge is 2.39. The molecule has 0 saturated heterocycles. The third kappa shape index (κ3) is 3.69. The number of thioether (sulfide) groups is 1. The first-order valence-electron chi connectivity index (χ1n) is 5.02. The quantitative estimate of drug-likeness (QED) is 0.518. The van der Waals surface area contributed by atoms with Crippen LogP contribution in [0.3, 0.4) is 0 Å². The zero-order valence-corrected chi connectivity index (χ0v) is 12.6. The van der Waals surface area contributed by atoms with Crippen LogP contribution in [0.4, 0.5) is 0 Å². The van der Waals surface area contributed by atoms with E-state index in [1.807, 2.05) is 0 Å². The normalized spacial score (nSPS) is 12.6. The van der Waals surface area contributed by atoms with Crippen molar-refractivity contribution in [3.8, 4) is 0 Å². The average molecular weight is 232 g/mol. The summed E-state index contributed by atoms with van der Waals surface area (Å²) < 4.78 is 6.19. The molecule has 0 heterocycles. The van der Waals surface area contributed by atoms with Gasteiger partial charge in [0.25, 0.3) is 8.32 Å². The Morgan fingerprint density at radius 2 is 1.57 bits per heavy atom. The Morgan fingerprint density at radius 1 is 1.14 bits per heavy atom. The van der Waals surface area contributed by atoms with Gasteiger partial charge in [-0.3, -0.25) is 0 Å². The van der Waals surface area contributed by atoms with E-state index in [0.29, 0.717) is 0 Å². The second-order valence-corrected chi connectivity index (χ2v) is 10.9. The Kier molecular flexibility index (Phi) is 4.79. The molecule has 1 nitrogen and oxygen atoms in total. The van der Waals surface area contributed by atoms with E-state index in [1.165, 1.54) is 5.57 Å². The molecule has 14 heavy (non-hydrogen) atoms. The molecule has 0 atom stereocenters. The summed E-state index contributed by atoms with van der Waals surface area (Å²) in [6.45, 7) is 15.6. The third-order valence-corrected chi connectivity index (χ3v) is 8.08. The molecule has 0 unspecified atom stereocenters. The lowest BCUT2D eigenvalue weighted by molar-refractivity contribution is 0.413. The van der Waals surface area contributed by atoms with Gasteiger partial charge in [0.15, 0.2) is 0 Å². The van der Waals surface area contributed by atoms with Crippen molar-refractivity contribution in [1.82, 2.24) is 0 Å². The van der Waals surface area contributed by atoms with Crippen LogP contribution >= 0.6 is 11.8 Å². The van der Waals surface area contributed by atoms with Gasteiger partial charge in [-0.1, -0.05) is 32.5 Å². The molecular formula is C11H24OSSi. The second kappa shape index (κ2) is 4.75. The number of hydrogen-bond donors (Lipinski definition) is 0. The van der Waals surface area contributed by atoms with E-state index >= 15 is 0 Å². The molecule has 0 bridgehead atoms. The molecule has 0 aliphatic rings. The van der Waals surface area contributed by atoms with Crippen LogP contribution in [0.15, 0.2) is 10.7 Å². The van der Waals surface area contributed by atoms with Crippen LogP contribution < -0.4 is 0 Å². The summed E-state index contributed by atoms with van der Waals surface area (Å²) >= 11 is 1.71. The Balaban J connectivity index is 4.75. The summed E-state index contributed by atoms with van der Waals surface area (Å²) in [6, 6.07) is 0. The molecule has 0 aromatic carbocycles. The van der Waals surface area contributed by atoms with Crippen molar-refractivity contribution >= 4 is 20.1 Å². The highest BCUT2D eigenvalue weighted by Crippen LogP contribution is 2.39. The van der Waals surface area contributed by atoms with Gasteiger partial charge in [0, 0.05) is 0 Å². The summed E-state index contributed by atoms with van der Waals surface area (Å²) in [4.78, 5) is 0. The van der Waals surface area contributed by atoms with Crippen LogP contribution in [-0.2, 0) is 4.43 Å². The van der Waals surface area contributed by atoms with Crippen molar-refractivity contribution in [1.29, 1.82) is 0 Å². The summed E-state index contributed by atoms with van der Waals surface area (Å²) in [5.74, 6) is 0. The molecule has 0 aromatic heterocycles. The summed E-state index contributed by atoms with van der Waals surface area (Å²) in [7, 11) is -1.63. The molecule has 0 aliphatic carbocycles. The van der Waals surface area contributed by atoms with Crippen molar-refractivity contribution in [3.05, 3.63) is 10.7 Å². The molecular weight excluding hydrogens is 208 g/mol. The fourth-order valence-corrected chi connectivity index (χ4v) is 3.07. The van der Waals surface area contributed by atoms with Crippen LogP contribution in [0.1, 0.15) is 34.6 Å². The molecule has 0 saturated carbocycles. The minimum absolute atomic E-state index is 0.281. The maximum absolute atomic E-state index is 6.19. The maximum Gasteiger partial charge on any atom is 0.251 e. The highest BCUT2D eigenvalue weighted by molar-refractivity contribution is 8.02. The molecule has 0 aliphatic heterocycles. The summed E-state index contributed by atoms with van der Waals surface area (Å²) in [5, 5.41) is 1.39.